The quantitative estimate of drug-likeness (QED) is 0.282. The van der Waals surface area contributed by atoms with Crippen LogP contribution in [0.2, 0.25) is 0 Å². The van der Waals surface area contributed by atoms with Crippen LogP contribution in [0.15, 0.2) is 98.1 Å². The summed E-state index contributed by atoms with van der Waals surface area (Å²) in [5.74, 6) is 2.53. The molecule has 0 saturated heterocycles. The van der Waals surface area contributed by atoms with Crippen molar-refractivity contribution < 1.29 is 29.2 Å². The molecule has 0 aliphatic carbocycles. The molecule has 0 fully saturated rings. The fourth-order valence-electron chi connectivity index (χ4n) is 3.44. The number of hydrogen-bond donors (Lipinski definition) is 2. The third-order valence-electron chi connectivity index (χ3n) is 5.23. The Labute approximate surface area is 213 Å². The van der Waals surface area contributed by atoms with Gasteiger partial charge in [-0.05, 0) is 48.2 Å². The maximum atomic E-state index is 10.3. The van der Waals surface area contributed by atoms with E-state index in [1.807, 2.05) is 60.7 Å². The molecule has 2 unspecified atom stereocenters. The van der Waals surface area contributed by atoms with Crippen LogP contribution in [-0.4, -0.2) is 48.8 Å². The average molecular weight is 491 g/mol. The second kappa shape index (κ2) is 14.6. The van der Waals surface area contributed by atoms with Crippen molar-refractivity contribution in [3.8, 4) is 23.0 Å². The molecule has 0 aromatic heterocycles. The van der Waals surface area contributed by atoms with Crippen molar-refractivity contribution in [2.24, 2.45) is 0 Å². The normalized spacial score (nSPS) is 12.3. The lowest BCUT2D eigenvalue weighted by Crippen LogP contribution is -2.25. The number of aliphatic hydroxyl groups is 2. The van der Waals surface area contributed by atoms with Crippen LogP contribution in [0.5, 0.6) is 23.0 Å². The SMILES string of the molecule is C=CCc1ccccc1OCC(O)COc1cccc(OCC(O)COc2ccccc2CC=C)c1. The summed E-state index contributed by atoms with van der Waals surface area (Å²) < 4.78 is 22.9. The minimum atomic E-state index is -0.811. The highest BCUT2D eigenvalue weighted by Gasteiger charge is 2.11. The molecule has 36 heavy (non-hydrogen) atoms. The van der Waals surface area contributed by atoms with Gasteiger partial charge in [-0.3, -0.25) is 0 Å². The maximum Gasteiger partial charge on any atom is 0.123 e. The lowest BCUT2D eigenvalue weighted by Gasteiger charge is -2.17. The Morgan fingerprint density at radius 3 is 1.44 bits per heavy atom. The highest BCUT2D eigenvalue weighted by Crippen LogP contribution is 2.22. The Kier molecular flexibility index (Phi) is 10.9. The molecule has 0 amide bonds. The number of para-hydroxylation sites is 2. The summed E-state index contributed by atoms with van der Waals surface area (Å²) in [7, 11) is 0. The van der Waals surface area contributed by atoms with E-state index in [1.54, 1.807) is 24.3 Å². The van der Waals surface area contributed by atoms with E-state index in [-0.39, 0.29) is 26.4 Å². The first kappa shape index (κ1) is 26.9. The van der Waals surface area contributed by atoms with Crippen LogP contribution < -0.4 is 18.9 Å². The van der Waals surface area contributed by atoms with Crippen molar-refractivity contribution in [1.29, 1.82) is 0 Å². The second-order valence-corrected chi connectivity index (χ2v) is 8.23. The molecule has 3 aromatic rings. The summed E-state index contributed by atoms with van der Waals surface area (Å²) in [5.41, 5.74) is 2.03. The molecule has 0 saturated carbocycles. The predicted octanol–water partition coefficient (Wildman–Crippen LogP) is 4.78. The molecule has 2 atom stereocenters. The Bertz CT molecular complexity index is 1010. The smallest absolute Gasteiger partial charge is 0.123 e. The van der Waals surface area contributed by atoms with E-state index in [2.05, 4.69) is 13.2 Å². The zero-order valence-electron chi connectivity index (χ0n) is 20.4. The minimum Gasteiger partial charge on any atom is -0.491 e. The Morgan fingerprint density at radius 1 is 0.583 bits per heavy atom. The van der Waals surface area contributed by atoms with Gasteiger partial charge in [-0.15, -0.1) is 13.2 Å². The van der Waals surface area contributed by atoms with Crippen molar-refractivity contribution in [3.05, 3.63) is 109 Å². The molecular formula is C30H34O6. The van der Waals surface area contributed by atoms with Gasteiger partial charge in [0.25, 0.3) is 0 Å². The molecule has 0 aliphatic rings. The van der Waals surface area contributed by atoms with E-state index in [0.717, 1.165) is 22.6 Å². The van der Waals surface area contributed by atoms with Gasteiger partial charge in [0.1, 0.15) is 61.6 Å². The summed E-state index contributed by atoms with van der Waals surface area (Å²) in [5, 5.41) is 20.6. The second-order valence-electron chi connectivity index (χ2n) is 8.23. The van der Waals surface area contributed by atoms with Crippen LogP contribution in [0.3, 0.4) is 0 Å². The highest BCUT2D eigenvalue weighted by molar-refractivity contribution is 5.36. The van der Waals surface area contributed by atoms with Crippen LogP contribution in [0, 0.1) is 0 Å². The van der Waals surface area contributed by atoms with Crippen molar-refractivity contribution in [1.82, 2.24) is 0 Å². The molecule has 0 aliphatic heterocycles. The molecule has 3 aromatic carbocycles. The molecule has 0 spiro atoms. The first-order valence-corrected chi connectivity index (χ1v) is 11.9. The van der Waals surface area contributed by atoms with Crippen molar-refractivity contribution in [2.45, 2.75) is 25.0 Å². The average Bonchev–Trinajstić information content (AvgIpc) is 2.90. The van der Waals surface area contributed by atoms with Gasteiger partial charge in [0, 0.05) is 6.07 Å². The van der Waals surface area contributed by atoms with Gasteiger partial charge in [-0.25, -0.2) is 0 Å². The highest BCUT2D eigenvalue weighted by atomic mass is 16.5. The first-order chi connectivity index (χ1) is 17.6. The van der Waals surface area contributed by atoms with Crippen molar-refractivity contribution in [3.63, 3.8) is 0 Å². The number of benzene rings is 3. The molecule has 0 radical (unpaired) electrons. The topological polar surface area (TPSA) is 77.4 Å². The number of allylic oxidation sites excluding steroid dienone is 2. The lowest BCUT2D eigenvalue weighted by atomic mass is 10.1. The Hall–Kier alpha value is -3.74. The molecule has 3 rings (SSSR count). The molecule has 6 nitrogen and oxygen atoms in total. The van der Waals surface area contributed by atoms with E-state index < -0.39 is 12.2 Å². The maximum absolute atomic E-state index is 10.3. The Balaban J connectivity index is 1.41. The summed E-state index contributed by atoms with van der Waals surface area (Å²) >= 11 is 0. The number of rotatable bonds is 16. The molecular weight excluding hydrogens is 456 g/mol. The van der Waals surface area contributed by atoms with E-state index in [9.17, 15) is 10.2 Å². The van der Waals surface area contributed by atoms with Gasteiger partial charge in [0.2, 0.25) is 0 Å². The monoisotopic (exact) mass is 490 g/mol. The third kappa shape index (κ3) is 8.80. The molecule has 190 valence electrons. The third-order valence-corrected chi connectivity index (χ3v) is 5.23. The van der Waals surface area contributed by atoms with E-state index in [4.69, 9.17) is 18.9 Å². The molecule has 0 heterocycles. The summed E-state index contributed by atoms with van der Waals surface area (Å²) in [6.45, 7) is 7.85. The van der Waals surface area contributed by atoms with E-state index in [1.165, 1.54) is 0 Å². The zero-order chi connectivity index (χ0) is 25.6. The molecule has 6 heteroatoms. The van der Waals surface area contributed by atoms with Gasteiger partial charge in [-0.1, -0.05) is 54.6 Å². The van der Waals surface area contributed by atoms with Crippen LogP contribution in [0.25, 0.3) is 0 Å². The van der Waals surface area contributed by atoms with Crippen LogP contribution in [0.4, 0.5) is 0 Å². The van der Waals surface area contributed by atoms with Crippen LogP contribution in [-0.2, 0) is 12.8 Å². The van der Waals surface area contributed by atoms with Gasteiger partial charge in [0.05, 0.1) is 0 Å². The fourth-order valence-corrected chi connectivity index (χ4v) is 3.44. The van der Waals surface area contributed by atoms with Crippen molar-refractivity contribution in [2.75, 3.05) is 26.4 Å². The summed E-state index contributed by atoms with van der Waals surface area (Å²) in [6, 6.07) is 22.4. The standard InChI is InChI=1S/C30H34O6/c1-3-10-23-12-5-7-16-29(23)35-21-25(31)19-33-27-14-9-15-28(18-27)34-20-26(32)22-36-30-17-8-6-13-24(30)11-4-2/h3-9,12-18,25-26,31-32H,1-2,10-11,19-22H2. The number of hydrogen-bond acceptors (Lipinski definition) is 6. The fraction of sp³-hybridized carbons (Fsp3) is 0.267. The summed E-state index contributed by atoms with van der Waals surface area (Å²) in [6.07, 6.45) is 3.39. The Morgan fingerprint density at radius 2 is 1.00 bits per heavy atom. The van der Waals surface area contributed by atoms with Crippen LogP contribution in [0.1, 0.15) is 11.1 Å². The largest absolute Gasteiger partial charge is 0.491 e. The first-order valence-electron chi connectivity index (χ1n) is 11.9. The zero-order valence-corrected chi connectivity index (χ0v) is 20.4. The van der Waals surface area contributed by atoms with Crippen molar-refractivity contribution >= 4 is 0 Å². The summed E-state index contributed by atoms with van der Waals surface area (Å²) in [4.78, 5) is 0. The van der Waals surface area contributed by atoms with Gasteiger partial charge >= 0.3 is 0 Å². The number of ether oxygens (including phenoxy) is 4. The van der Waals surface area contributed by atoms with E-state index >= 15 is 0 Å². The van der Waals surface area contributed by atoms with Gasteiger partial charge in [0.15, 0.2) is 0 Å². The minimum absolute atomic E-state index is 0.0632. The predicted molar refractivity (Wildman–Crippen MR) is 141 cm³/mol. The van der Waals surface area contributed by atoms with E-state index in [0.29, 0.717) is 24.3 Å². The number of aliphatic hydroxyl groups excluding tert-OH is 2. The van der Waals surface area contributed by atoms with Gasteiger partial charge < -0.3 is 29.2 Å². The molecule has 0 bridgehead atoms. The van der Waals surface area contributed by atoms with Crippen LogP contribution >= 0.6 is 0 Å². The lowest BCUT2D eigenvalue weighted by molar-refractivity contribution is 0.0598. The van der Waals surface area contributed by atoms with Gasteiger partial charge in [-0.2, -0.15) is 0 Å². The molecule has 2 N–H and O–H groups in total.